The van der Waals surface area contributed by atoms with E-state index in [1.54, 1.807) is 0 Å². The highest BCUT2D eigenvalue weighted by atomic mass is 16.5. The molecule has 2 N–H and O–H groups in total. The van der Waals surface area contributed by atoms with Crippen LogP contribution in [0.2, 0.25) is 0 Å². The van der Waals surface area contributed by atoms with Crippen LogP contribution < -0.4 is 10.1 Å². The molecule has 4 nitrogen and oxygen atoms in total. The second-order valence-corrected chi connectivity index (χ2v) is 4.86. The molecule has 1 amide bonds. The van der Waals surface area contributed by atoms with E-state index in [1.165, 1.54) is 0 Å². The van der Waals surface area contributed by atoms with Gasteiger partial charge in [0.25, 0.3) is 0 Å². The first kappa shape index (κ1) is 15.3. The van der Waals surface area contributed by atoms with Crippen molar-refractivity contribution in [3.05, 3.63) is 42.5 Å². The van der Waals surface area contributed by atoms with Crippen molar-refractivity contribution in [1.29, 1.82) is 0 Å². The first-order valence-corrected chi connectivity index (χ1v) is 7.29. The number of nitrogens with one attached hydrogen (secondary N) is 1. The van der Waals surface area contributed by atoms with Gasteiger partial charge in [0, 0.05) is 25.0 Å². The Kier molecular flexibility index (Phi) is 6.03. The molecule has 0 aromatic heterocycles. The van der Waals surface area contributed by atoms with Gasteiger partial charge in [-0.3, -0.25) is 4.79 Å². The molecule has 112 valence electrons. The van der Waals surface area contributed by atoms with Crippen LogP contribution in [-0.2, 0) is 4.79 Å². The minimum absolute atomic E-state index is 0.00460. The molecule has 0 aliphatic rings. The molecule has 0 atom stereocenters. The summed E-state index contributed by atoms with van der Waals surface area (Å²) in [5.41, 5.74) is 0. The summed E-state index contributed by atoms with van der Waals surface area (Å²) in [6, 6.07) is 14.1. The van der Waals surface area contributed by atoms with Crippen LogP contribution in [0, 0.1) is 0 Å². The van der Waals surface area contributed by atoms with Gasteiger partial charge in [-0.1, -0.05) is 36.4 Å². The van der Waals surface area contributed by atoms with E-state index in [4.69, 9.17) is 9.84 Å². The second-order valence-electron chi connectivity index (χ2n) is 4.86. The third kappa shape index (κ3) is 4.76. The lowest BCUT2D eigenvalue weighted by molar-refractivity contribution is -0.121. The Hall–Kier alpha value is -2.07. The Morgan fingerprint density at radius 3 is 2.76 bits per heavy atom. The van der Waals surface area contributed by atoms with Crippen LogP contribution in [0.1, 0.15) is 19.3 Å². The van der Waals surface area contributed by atoms with Gasteiger partial charge < -0.3 is 15.2 Å². The third-order valence-corrected chi connectivity index (χ3v) is 3.21. The minimum Gasteiger partial charge on any atom is -0.493 e. The molecule has 0 aliphatic heterocycles. The lowest BCUT2D eigenvalue weighted by Crippen LogP contribution is -2.25. The number of amides is 1. The highest BCUT2D eigenvalue weighted by molar-refractivity contribution is 5.88. The van der Waals surface area contributed by atoms with Gasteiger partial charge in [-0.25, -0.2) is 0 Å². The number of carbonyl (C=O) groups excluding carboxylic acids is 1. The first-order valence-electron chi connectivity index (χ1n) is 7.29. The molecule has 0 bridgehead atoms. The minimum atomic E-state index is 0.00460. The number of fused-ring (bicyclic) bond motifs is 1. The first-order chi connectivity index (χ1) is 10.3. The van der Waals surface area contributed by atoms with E-state index in [1.807, 2.05) is 30.3 Å². The van der Waals surface area contributed by atoms with E-state index in [0.29, 0.717) is 32.4 Å². The molecule has 21 heavy (non-hydrogen) atoms. The maximum absolute atomic E-state index is 11.5. The lowest BCUT2D eigenvalue weighted by atomic mass is 10.1. The van der Waals surface area contributed by atoms with Crippen LogP contribution >= 0.6 is 0 Å². The number of benzene rings is 2. The van der Waals surface area contributed by atoms with Gasteiger partial charge in [-0.2, -0.15) is 0 Å². The summed E-state index contributed by atoms with van der Waals surface area (Å²) in [4.78, 5) is 11.5. The fourth-order valence-electron chi connectivity index (χ4n) is 2.13. The zero-order valence-corrected chi connectivity index (χ0v) is 12.0. The zero-order chi connectivity index (χ0) is 14.9. The fraction of sp³-hybridized carbons (Fsp3) is 0.353. The van der Waals surface area contributed by atoms with Gasteiger partial charge in [-0.15, -0.1) is 0 Å². The molecule has 0 spiro atoms. The van der Waals surface area contributed by atoms with Crippen LogP contribution in [0.5, 0.6) is 5.75 Å². The maximum Gasteiger partial charge on any atom is 0.220 e. The number of carbonyl (C=O) groups is 1. The van der Waals surface area contributed by atoms with Crippen molar-refractivity contribution in [2.75, 3.05) is 19.8 Å². The Morgan fingerprint density at radius 2 is 1.90 bits per heavy atom. The number of hydrogen-bond donors (Lipinski definition) is 2. The maximum atomic E-state index is 11.5. The Bertz CT molecular complexity index is 578. The van der Waals surface area contributed by atoms with Gasteiger partial charge in [-0.05, 0) is 24.3 Å². The van der Waals surface area contributed by atoms with Gasteiger partial charge in [0.05, 0.1) is 6.61 Å². The average molecular weight is 287 g/mol. The van der Waals surface area contributed by atoms with Crippen molar-refractivity contribution < 1.29 is 14.6 Å². The van der Waals surface area contributed by atoms with Crippen molar-refractivity contribution in [2.24, 2.45) is 0 Å². The van der Waals surface area contributed by atoms with Crippen LogP contribution in [0.3, 0.4) is 0 Å². The van der Waals surface area contributed by atoms with Gasteiger partial charge in [0.1, 0.15) is 5.75 Å². The fourth-order valence-corrected chi connectivity index (χ4v) is 2.13. The monoisotopic (exact) mass is 287 g/mol. The summed E-state index contributed by atoms with van der Waals surface area (Å²) < 4.78 is 5.78. The number of hydrogen-bond acceptors (Lipinski definition) is 3. The normalized spacial score (nSPS) is 10.5. The molecule has 0 aliphatic carbocycles. The van der Waals surface area contributed by atoms with Crippen LogP contribution in [0.15, 0.2) is 42.5 Å². The third-order valence-electron chi connectivity index (χ3n) is 3.21. The van der Waals surface area contributed by atoms with Gasteiger partial charge in [0.2, 0.25) is 5.91 Å². The number of ether oxygens (including phenoxy) is 1. The molecule has 2 aromatic carbocycles. The highest BCUT2D eigenvalue weighted by Gasteiger charge is 2.03. The smallest absolute Gasteiger partial charge is 0.220 e. The standard InChI is InChI=1S/C17H21NO3/c19-12-5-11-18-17(20)10-4-13-21-16-9-3-7-14-6-1-2-8-15(14)16/h1-3,6-9,19H,4-5,10-13H2,(H,18,20). The van der Waals surface area contributed by atoms with Crippen LogP contribution in [0.4, 0.5) is 0 Å². The zero-order valence-electron chi connectivity index (χ0n) is 12.0. The SMILES string of the molecule is O=C(CCCOc1cccc2ccccc12)NCCCO. The lowest BCUT2D eigenvalue weighted by Gasteiger charge is -2.09. The molecule has 0 saturated carbocycles. The number of aliphatic hydroxyl groups excluding tert-OH is 1. The van der Waals surface area contributed by atoms with Gasteiger partial charge >= 0.3 is 0 Å². The van der Waals surface area contributed by atoms with Crippen molar-refractivity contribution in [3.63, 3.8) is 0 Å². The molecule has 0 radical (unpaired) electrons. The molecule has 0 unspecified atom stereocenters. The molecular weight excluding hydrogens is 266 g/mol. The number of aliphatic hydroxyl groups is 1. The summed E-state index contributed by atoms with van der Waals surface area (Å²) in [5.74, 6) is 0.860. The second kappa shape index (κ2) is 8.27. The van der Waals surface area contributed by atoms with Crippen LogP contribution in [-0.4, -0.2) is 30.8 Å². The molecule has 4 heteroatoms. The van der Waals surface area contributed by atoms with Crippen LogP contribution in [0.25, 0.3) is 10.8 Å². The summed E-state index contributed by atoms with van der Waals surface area (Å²) in [6.07, 6.45) is 1.71. The molecular formula is C17H21NO3. The Labute approximate surface area is 124 Å². The summed E-state index contributed by atoms with van der Waals surface area (Å²) in [6.45, 7) is 1.14. The number of rotatable bonds is 8. The highest BCUT2D eigenvalue weighted by Crippen LogP contribution is 2.25. The van der Waals surface area contributed by atoms with Crippen molar-refractivity contribution in [2.45, 2.75) is 19.3 Å². The summed E-state index contributed by atoms with van der Waals surface area (Å²) >= 11 is 0. The van der Waals surface area contributed by atoms with E-state index in [9.17, 15) is 4.79 Å². The predicted molar refractivity (Wildman–Crippen MR) is 83.4 cm³/mol. The molecule has 0 fully saturated rings. The van der Waals surface area contributed by atoms with E-state index < -0.39 is 0 Å². The predicted octanol–water partition coefficient (Wildman–Crippen LogP) is 2.50. The van der Waals surface area contributed by atoms with E-state index in [0.717, 1.165) is 16.5 Å². The largest absolute Gasteiger partial charge is 0.493 e. The van der Waals surface area contributed by atoms with E-state index >= 15 is 0 Å². The van der Waals surface area contributed by atoms with E-state index in [2.05, 4.69) is 17.4 Å². The quantitative estimate of drug-likeness (QED) is 0.733. The van der Waals surface area contributed by atoms with E-state index in [-0.39, 0.29) is 12.5 Å². The van der Waals surface area contributed by atoms with Crippen molar-refractivity contribution in [3.8, 4) is 5.75 Å². The van der Waals surface area contributed by atoms with Crippen molar-refractivity contribution >= 4 is 16.7 Å². The molecule has 2 aromatic rings. The molecule has 2 rings (SSSR count). The topological polar surface area (TPSA) is 58.6 Å². The summed E-state index contributed by atoms with van der Waals surface area (Å²) in [5, 5.41) is 13.6. The summed E-state index contributed by atoms with van der Waals surface area (Å²) in [7, 11) is 0. The van der Waals surface area contributed by atoms with Gasteiger partial charge in [0.15, 0.2) is 0 Å². The Balaban J connectivity index is 1.76. The Morgan fingerprint density at radius 1 is 1.10 bits per heavy atom. The van der Waals surface area contributed by atoms with Crippen molar-refractivity contribution in [1.82, 2.24) is 5.32 Å². The average Bonchev–Trinajstić information content (AvgIpc) is 2.52. The molecule has 0 saturated heterocycles. The molecule has 0 heterocycles.